The normalized spacial score (nSPS) is 15.5. The summed E-state index contributed by atoms with van der Waals surface area (Å²) in [5, 5.41) is 18.4. The molecule has 2 aromatic carbocycles. The number of carboxylic acids is 1. The summed E-state index contributed by atoms with van der Waals surface area (Å²) in [5.74, 6) is -2.27. The monoisotopic (exact) mass is 497 g/mol. The smallest absolute Gasteiger partial charge is 0.326 e. The Morgan fingerprint density at radius 3 is 2.14 bits per heavy atom. The Morgan fingerprint density at radius 2 is 1.66 bits per heavy atom. The molecule has 0 radical (unpaired) electrons. The number of aromatic nitrogens is 1. The van der Waals surface area contributed by atoms with Crippen LogP contribution in [-0.2, 0) is 9.36 Å². The van der Waals surface area contributed by atoms with Crippen molar-refractivity contribution in [3.05, 3.63) is 83.8 Å². The topological polar surface area (TPSA) is 108 Å². The lowest BCUT2D eigenvalue weighted by molar-refractivity contribution is -0.141. The van der Waals surface area contributed by atoms with E-state index < -0.39 is 31.1 Å². The predicted octanol–water partition coefficient (Wildman–Crippen LogP) is 5.57. The first-order valence-electron chi connectivity index (χ1n) is 11.2. The number of aliphatic carboxylic acids is 1. The third kappa shape index (κ3) is 4.98. The zero-order chi connectivity index (χ0) is 25.9. The molecule has 3 rings (SSSR count). The number of hydrogen-bond acceptors (Lipinski definition) is 4. The predicted molar refractivity (Wildman–Crippen MR) is 136 cm³/mol. The van der Waals surface area contributed by atoms with Crippen LogP contribution < -0.4 is 0 Å². The van der Waals surface area contributed by atoms with Gasteiger partial charge in [0.25, 0.3) is 0 Å². The lowest BCUT2D eigenvalue weighted by Crippen LogP contribution is -2.46. The molecule has 3 N–H and O–H groups in total. The molecule has 0 saturated heterocycles. The molecule has 35 heavy (non-hydrogen) atoms. The summed E-state index contributed by atoms with van der Waals surface area (Å²) in [5.41, 5.74) is 3.54. The highest BCUT2D eigenvalue weighted by atomic mass is 31.1. The Kier molecular flexibility index (Phi) is 8.06. The highest BCUT2D eigenvalue weighted by Crippen LogP contribution is 2.51. The van der Waals surface area contributed by atoms with Crippen LogP contribution in [0.2, 0.25) is 0 Å². The van der Waals surface area contributed by atoms with Gasteiger partial charge in [-0.15, -0.1) is 0 Å². The second-order valence-corrected chi connectivity index (χ2v) is 10.2. The number of carbonyl (C=O) groups is 1. The van der Waals surface area contributed by atoms with E-state index in [4.69, 9.17) is 0 Å². The largest absolute Gasteiger partial charge is 0.480 e. The summed E-state index contributed by atoms with van der Waals surface area (Å²) in [6, 6.07) is 15.1. The molecule has 0 aliphatic heterocycles. The first-order valence-corrected chi connectivity index (χ1v) is 12.6. The summed E-state index contributed by atoms with van der Waals surface area (Å²) in [6.07, 6.45) is 1.36. The zero-order valence-electron chi connectivity index (χ0n) is 20.0. The van der Waals surface area contributed by atoms with Crippen LogP contribution in [0.4, 0.5) is 4.39 Å². The molecule has 184 valence electrons. The third-order valence-electron chi connectivity index (χ3n) is 6.02. The van der Waals surface area contributed by atoms with E-state index in [9.17, 15) is 28.9 Å². The maximum Gasteiger partial charge on any atom is 0.326 e. The van der Waals surface area contributed by atoms with Crippen molar-refractivity contribution in [1.29, 1.82) is 0 Å². The van der Waals surface area contributed by atoms with Crippen LogP contribution in [0, 0.1) is 18.7 Å². The fourth-order valence-corrected chi connectivity index (χ4v) is 5.35. The summed E-state index contributed by atoms with van der Waals surface area (Å²) < 4.78 is 26.5. The van der Waals surface area contributed by atoms with Crippen LogP contribution in [0.25, 0.3) is 28.0 Å². The van der Waals surface area contributed by atoms with Crippen molar-refractivity contribution >= 4 is 19.6 Å². The van der Waals surface area contributed by atoms with Gasteiger partial charge in [-0.05, 0) is 54.2 Å². The molecule has 1 heterocycles. The minimum atomic E-state index is -3.86. The van der Waals surface area contributed by atoms with Crippen LogP contribution >= 0.6 is 8.03 Å². The standard InChI is InChI=1S/C27H29FNO5P/c1-16(2)14-23(27(18(4)30,26(31)32)35(33)34)22-15-29-25(20-8-6-5-7-9-20)17(3)24(22)19-10-12-21(28)13-11-19/h5-16,18,30,35H,1-4H3,(H,31,32)(H,33,34). The van der Waals surface area contributed by atoms with Crippen molar-refractivity contribution in [2.45, 2.75) is 39.0 Å². The number of nitrogens with zero attached hydrogens (tertiary/aromatic N) is 1. The number of aliphatic hydroxyl groups excluding tert-OH is 1. The van der Waals surface area contributed by atoms with Gasteiger partial charge in [-0.25, -0.2) is 4.39 Å². The van der Waals surface area contributed by atoms with Gasteiger partial charge in [0.2, 0.25) is 8.03 Å². The fourth-order valence-electron chi connectivity index (χ4n) is 4.36. The van der Waals surface area contributed by atoms with Crippen molar-refractivity contribution in [2.24, 2.45) is 5.92 Å². The van der Waals surface area contributed by atoms with Crippen LogP contribution in [0.5, 0.6) is 0 Å². The van der Waals surface area contributed by atoms with Gasteiger partial charge in [0.1, 0.15) is 5.82 Å². The van der Waals surface area contributed by atoms with E-state index in [1.54, 1.807) is 32.1 Å². The molecule has 3 unspecified atom stereocenters. The van der Waals surface area contributed by atoms with E-state index in [0.29, 0.717) is 22.4 Å². The Balaban J connectivity index is 2.48. The molecule has 8 heteroatoms. The molecule has 0 saturated carbocycles. The third-order valence-corrected chi connectivity index (χ3v) is 7.59. The number of aliphatic hydroxyl groups is 1. The van der Waals surface area contributed by atoms with Crippen molar-refractivity contribution in [3.8, 4) is 22.4 Å². The molecule has 0 amide bonds. The molecular formula is C27H29FNO5P. The Hall–Kier alpha value is -3.12. The average molecular weight is 498 g/mol. The molecule has 0 aliphatic carbocycles. The SMILES string of the molecule is Cc1c(-c2ccccc2)ncc(C(=CC(C)C)C(C(=O)O)(C(C)O)[PH](=O)O)c1-c1ccc(F)cc1. The maximum absolute atomic E-state index is 13.8. The summed E-state index contributed by atoms with van der Waals surface area (Å²) >= 11 is 0. The highest BCUT2D eigenvalue weighted by molar-refractivity contribution is 7.42. The lowest BCUT2D eigenvalue weighted by Gasteiger charge is -2.34. The van der Waals surface area contributed by atoms with Gasteiger partial charge in [-0.2, -0.15) is 0 Å². The van der Waals surface area contributed by atoms with Gasteiger partial charge in [0.15, 0.2) is 5.16 Å². The molecule has 0 aliphatic rings. The van der Waals surface area contributed by atoms with E-state index in [0.717, 1.165) is 5.56 Å². The highest BCUT2D eigenvalue weighted by Gasteiger charge is 2.53. The minimum Gasteiger partial charge on any atom is -0.480 e. The number of allylic oxidation sites excluding steroid dienone is 1. The van der Waals surface area contributed by atoms with E-state index in [-0.39, 0.29) is 17.1 Å². The van der Waals surface area contributed by atoms with Gasteiger partial charge in [0.05, 0.1) is 11.8 Å². The van der Waals surface area contributed by atoms with Gasteiger partial charge in [0, 0.05) is 17.3 Å². The quantitative estimate of drug-likeness (QED) is 0.351. The van der Waals surface area contributed by atoms with Gasteiger partial charge in [-0.3, -0.25) is 14.3 Å². The molecule has 6 nitrogen and oxygen atoms in total. The first kappa shape index (κ1) is 26.5. The molecule has 3 aromatic rings. The zero-order valence-corrected chi connectivity index (χ0v) is 21.0. The molecule has 1 aromatic heterocycles. The van der Waals surface area contributed by atoms with Crippen molar-refractivity contribution in [2.75, 3.05) is 0 Å². The van der Waals surface area contributed by atoms with Crippen LogP contribution in [0.15, 0.2) is 66.9 Å². The second kappa shape index (κ2) is 10.6. The number of carboxylic acid groups (broad SMARTS) is 1. The van der Waals surface area contributed by atoms with Crippen LogP contribution in [0.3, 0.4) is 0 Å². The minimum absolute atomic E-state index is 0.00377. The maximum atomic E-state index is 13.8. The van der Waals surface area contributed by atoms with E-state index >= 15 is 0 Å². The molecular weight excluding hydrogens is 468 g/mol. The van der Waals surface area contributed by atoms with Crippen molar-refractivity contribution in [1.82, 2.24) is 4.98 Å². The van der Waals surface area contributed by atoms with Crippen LogP contribution in [0.1, 0.15) is 31.9 Å². The van der Waals surface area contributed by atoms with Gasteiger partial charge >= 0.3 is 5.97 Å². The van der Waals surface area contributed by atoms with Crippen molar-refractivity contribution < 1.29 is 28.9 Å². The lowest BCUT2D eigenvalue weighted by atomic mass is 9.81. The second-order valence-electron chi connectivity index (χ2n) is 8.81. The molecule has 0 fully saturated rings. The molecule has 0 bridgehead atoms. The first-order chi connectivity index (χ1) is 16.5. The number of benzene rings is 2. The summed E-state index contributed by atoms with van der Waals surface area (Å²) in [6.45, 7) is 6.62. The number of rotatable bonds is 8. The molecule has 3 atom stereocenters. The molecule has 0 spiro atoms. The van der Waals surface area contributed by atoms with E-state index in [1.807, 2.05) is 37.3 Å². The average Bonchev–Trinajstić information content (AvgIpc) is 2.79. The van der Waals surface area contributed by atoms with Crippen LogP contribution in [-0.4, -0.2) is 37.3 Å². The van der Waals surface area contributed by atoms with Gasteiger partial charge in [-0.1, -0.05) is 62.4 Å². The summed E-state index contributed by atoms with van der Waals surface area (Å²) in [7, 11) is -3.86. The Bertz CT molecular complexity index is 1260. The number of hydrogen-bond donors (Lipinski definition) is 3. The Morgan fingerprint density at radius 1 is 1.06 bits per heavy atom. The fraction of sp³-hybridized carbons (Fsp3) is 0.259. The van der Waals surface area contributed by atoms with Gasteiger partial charge < -0.3 is 15.1 Å². The van der Waals surface area contributed by atoms with E-state index in [1.165, 1.54) is 25.3 Å². The number of pyridine rings is 1. The number of halogens is 1. The van der Waals surface area contributed by atoms with Crippen molar-refractivity contribution in [3.63, 3.8) is 0 Å². The van der Waals surface area contributed by atoms with E-state index in [2.05, 4.69) is 4.98 Å². The summed E-state index contributed by atoms with van der Waals surface area (Å²) in [4.78, 5) is 27.5. The Labute approximate surface area is 204 Å².